The molecule has 1 aromatic rings. The summed E-state index contributed by atoms with van der Waals surface area (Å²) in [5, 5.41) is 12.7. The summed E-state index contributed by atoms with van der Waals surface area (Å²) in [5.74, 6) is 2.35. The Morgan fingerprint density at radius 2 is 2.04 bits per heavy atom. The molecule has 6 heteroatoms. The molecule has 1 aliphatic heterocycles. The normalized spacial score (nSPS) is 20.2. The molecule has 0 spiro atoms. The highest BCUT2D eigenvalue weighted by Gasteiger charge is 2.42. The summed E-state index contributed by atoms with van der Waals surface area (Å²) in [4.78, 5) is 16.8. The van der Waals surface area contributed by atoms with E-state index in [1.807, 2.05) is 30.0 Å². The number of likely N-dealkylation sites (N-methyl/N-ethyl adjacent to an activating group) is 1. The smallest absolute Gasteiger partial charge is 0.322 e. The second-order valence-electron chi connectivity index (χ2n) is 6.77. The van der Waals surface area contributed by atoms with Gasteiger partial charge in [0.05, 0.1) is 12.1 Å². The number of anilines is 1. The van der Waals surface area contributed by atoms with E-state index in [-0.39, 0.29) is 18.2 Å². The Morgan fingerprint density at radius 1 is 1.33 bits per heavy atom. The van der Waals surface area contributed by atoms with E-state index in [1.165, 1.54) is 11.5 Å². The van der Waals surface area contributed by atoms with Crippen molar-refractivity contribution in [3.05, 3.63) is 29.8 Å². The maximum atomic E-state index is 12.6. The third-order valence-corrected chi connectivity index (χ3v) is 6.29. The largest absolute Gasteiger partial charge is 0.394 e. The highest BCUT2D eigenvalue weighted by molar-refractivity contribution is 7.99. The molecule has 2 fully saturated rings. The molecule has 1 aromatic carbocycles. The van der Waals surface area contributed by atoms with Gasteiger partial charge in [0, 0.05) is 43.9 Å². The van der Waals surface area contributed by atoms with Crippen molar-refractivity contribution in [3.8, 4) is 0 Å². The van der Waals surface area contributed by atoms with Crippen molar-refractivity contribution in [1.29, 1.82) is 0 Å². The highest BCUT2D eigenvalue weighted by Crippen LogP contribution is 2.36. The summed E-state index contributed by atoms with van der Waals surface area (Å²) in [5.41, 5.74) is 1.65. The van der Waals surface area contributed by atoms with Crippen molar-refractivity contribution in [2.45, 2.75) is 31.3 Å². The Hall–Kier alpha value is -1.24. The predicted octanol–water partition coefficient (Wildman–Crippen LogP) is 2.61. The molecule has 3 rings (SSSR count). The standard InChI is InChI=1S/C18H27N3O2S/c1-20(18(14-22)7-4-8-18)17(23)19-16-6-3-2-5-15(16)13-21-9-11-24-12-10-21/h2-3,5-6,22H,4,7-14H2,1H3,(H,19,23). The van der Waals surface area contributed by atoms with Crippen LogP contribution in [-0.2, 0) is 6.54 Å². The first-order valence-electron chi connectivity index (χ1n) is 8.68. The molecule has 0 bridgehead atoms. The molecule has 2 N–H and O–H groups in total. The van der Waals surface area contributed by atoms with Gasteiger partial charge in [-0.3, -0.25) is 4.90 Å². The number of urea groups is 1. The van der Waals surface area contributed by atoms with E-state index in [4.69, 9.17) is 0 Å². The number of rotatable bonds is 5. The molecule has 1 saturated heterocycles. The SMILES string of the molecule is CN(C(=O)Nc1ccccc1CN1CCSCC1)C1(CO)CCC1. The third-order valence-electron chi connectivity index (χ3n) is 5.35. The number of aliphatic hydroxyl groups excluding tert-OH is 1. The van der Waals surface area contributed by atoms with Crippen LogP contribution in [0.1, 0.15) is 24.8 Å². The van der Waals surface area contributed by atoms with Crippen LogP contribution in [-0.4, -0.2) is 64.7 Å². The number of amides is 2. The van der Waals surface area contributed by atoms with Crippen molar-refractivity contribution >= 4 is 23.5 Å². The number of aliphatic hydroxyl groups is 1. The van der Waals surface area contributed by atoms with E-state index in [2.05, 4.69) is 16.3 Å². The first kappa shape index (κ1) is 17.6. The molecule has 24 heavy (non-hydrogen) atoms. The van der Waals surface area contributed by atoms with Crippen molar-refractivity contribution in [2.75, 3.05) is 43.6 Å². The second kappa shape index (κ2) is 7.76. The van der Waals surface area contributed by atoms with Crippen molar-refractivity contribution < 1.29 is 9.90 Å². The van der Waals surface area contributed by atoms with Crippen LogP contribution in [0.3, 0.4) is 0 Å². The van der Waals surface area contributed by atoms with Gasteiger partial charge in [0.25, 0.3) is 0 Å². The summed E-state index contributed by atoms with van der Waals surface area (Å²) >= 11 is 2.00. The molecular formula is C18H27N3O2S. The molecule has 0 radical (unpaired) electrons. The average Bonchev–Trinajstić information content (AvgIpc) is 2.57. The van der Waals surface area contributed by atoms with Crippen molar-refractivity contribution in [1.82, 2.24) is 9.80 Å². The fourth-order valence-electron chi connectivity index (χ4n) is 3.38. The lowest BCUT2D eigenvalue weighted by atomic mass is 9.76. The number of nitrogens with one attached hydrogen (secondary N) is 1. The summed E-state index contributed by atoms with van der Waals surface area (Å²) in [7, 11) is 1.79. The van der Waals surface area contributed by atoms with E-state index >= 15 is 0 Å². The Bertz CT molecular complexity index is 566. The minimum absolute atomic E-state index is 0.0318. The summed E-state index contributed by atoms with van der Waals surface area (Å²) < 4.78 is 0. The summed E-state index contributed by atoms with van der Waals surface area (Å²) in [6.07, 6.45) is 2.82. The number of para-hydroxylation sites is 1. The van der Waals surface area contributed by atoms with Crippen LogP contribution in [0.4, 0.5) is 10.5 Å². The van der Waals surface area contributed by atoms with Gasteiger partial charge in [0.1, 0.15) is 0 Å². The topological polar surface area (TPSA) is 55.8 Å². The minimum Gasteiger partial charge on any atom is -0.394 e. The van der Waals surface area contributed by atoms with Crippen molar-refractivity contribution in [2.24, 2.45) is 0 Å². The van der Waals surface area contributed by atoms with E-state index in [0.717, 1.165) is 50.1 Å². The van der Waals surface area contributed by atoms with Gasteiger partial charge in [-0.1, -0.05) is 18.2 Å². The molecule has 1 saturated carbocycles. The molecule has 132 valence electrons. The Balaban J connectivity index is 1.67. The van der Waals surface area contributed by atoms with Crippen LogP contribution in [0.15, 0.2) is 24.3 Å². The van der Waals surface area contributed by atoms with Crippen LogP contribution < -0.4 is 5.32 Å². The number of hydrogen-bond donors (Lipinski definition) is 2. The zero-order valence-corrected chi connectivity index (χ0v) is 15.1. The van der Waals surface area contributed by atoms with Gasteiger partial charge in [-0.25, -0.2) is 4.79 Å². The molecule has 2 amide bonds. The third kappa shape index (κ3) is 3.71. The van der Waals surface area contributed by atoms with Gasteiger partial charge in [0.2, 0.25) is 0 Å². The van der Waals surface area contributed by atoms with Crippen LogP contribution in [0.5, 0.6) is 0 Å². The molecule has 0 unspecified atom stereocenters. The molecule has 1 aliphatic carbocycles. The van der Waals surface area contributed by atoms with E-state index in [1.54, 1.807) is 11.9 Å². The van der Waals surface area contributed by atoms with Crippen LogP contribution in [0.2, 0.25) is 0 Å². The predicted molar refractivity (Wildman–Crippen MR) is 99.5 cm³/mol. The average molecular weight is 350 g/mol. The van der Waals surface area contributed by atoms with E-state index in [9.17, 15) is 9.90 Å². The Labute approximate surface area is 148 Å². The zero-order chi connectivity index (χ0) is 17.0. The number of nitrogens with zero attached hydrogens (tertiary/aromatic N) is 2. The maximum absolute atomic E-state index is 12.6. The van der Waals surface area contributed by atoms with Crippen molar-refractivity contribution in [3.63, 3.8) is 0 Å². The van der Waals surface area contributed by atoms with E-state index < -0.39 is 0 Å². The number of thioether (sulfide) groups is 1. The molecular weight excluding hydrogens is 322 g/mol. The lowest BCUT2D eigenvalue weighted by Crippen LogP contribution is -2.57. The lowest BCUT2D eigenvalue weighted by Gasteiger charge is -2.47. The number of benzene rings is 1. The fourth-order valence-corrected chi connectivity index (χ4v) is 4.36. The fraction of sp³-hybridized carbons (Fsp3) is 0.611. The van der Waals surface area contributed by atoms with Gasteiger partial charge >= 0.3 is 6.03 Å². The molecule has 0 atom stereocenters. The van der Waals surface area contributed by atoms with E-state index in [0.29, 0.717) is 0 Å². The quantitative estimate of drug-likeness (QED) is 0.858. The van der Waals surface area contributed by atoms with Gasteiger partial charge in [-0.2, -0.15) is 11.8 Å². The van der Waals surface area contributed by atoms with Crippen LogP contribution in [0, 0.1) is 0 Å². The molecule has 5 nitrogen and oxygen atoms in total. The van der Waals surface area contributed by atoms with Crippen LogP contribution >= 0.6 is 11.8 Å². The molecule has 0 aromatic heterocycles. The lowest BCUT2D eigenvalue weighted by molar-refractivity contribution is 0.0153. The van der Waals surface area contributed by atoms with Gasteiger partial charge in [-0.05, 0) is 30.9 Å². The number of carbonyl (C=O) groups is 1. The number of hydrogen-bond acceptors (Lipinski definition) is 4. The number of carbonyl (C=O) groups excluding carboxylic acids is 1. The first-order chi connectivity index (χ1) is 11.6. The van der Waals surface area contributed by atoms with Crippen LogP contribution in [0.25, 0.3) is 0 Å². The first-order valence-corrected chi connectivity index (χ1v) is 9.84. The molecule has 1 heterocycles. The zero-order valence-electron chi connectivity index (χ0n) is 14.3. The monoisotopic (exact) mass is 349 g/mol. The summed E-state index contributed by atoms with van der Waals surface area (Å²) in [6.45, 7) is 3.09. The minimum atomic E-state index is -0.372. The Morgan fingerprint density at radius 3 is 2.67 bits per heavy atom. The van der Waals surface area contributed by atoms with Gasteiger partial charge < -0.3 is 15.3 Å². The Kier molecular flexibility index (Phi) is 5.69. The van der Waals surface area contributed by atoms with Gasteiger partial charge in [-0.15, -0.1) is 0 Å². The maximum Gasteiger partial charge on any atom is 0.322 e. The van der Waals surface area contributed by atoms with Gasteiger partial charge in [0.15, 0.2) is 0 Å². The highest BCUT2D eigenvalue weighted by atomic mass is 32.2. The molecule has 2 aliphatic rings. The second-order valence-corrected chi connectivity index (χ2v) is 8.00. The summed E-state index contributed by atoms with van der Waals surface area (Å²) in [6, 6.07) is 7.89.